The summed E-state index contributed by atoms with van der Waals surface area (Å²) in [4.78, 5) is 24.5. The number of aliphatic hydroxyl groups excluding tert-OH is 2. The number of hydrogen-bond acceptors (Lipinski definition) is 14. The number of halogens is 1. The Balaban J connectivity index is 0.000000494. The lowest BCUT2D eigenvalue weighted by Gasteiger charge is -2.25. The molecule has 352 valence electrons. The fraction of sp³-hybridized carbons (Fsp3) is 0.349. The highest BCUT2D eigenvalue weighted by atomic mass is 35.5. The number of ketones is 1. The Morgan fingerprint density at radius 3 is 1.28 bits per heavy atom. The smallest absolute Gasteiger partial charge is 0.350 e. The predicted octanol–water partition coefficient (Wildman–Crippen LogP) is 5.30. The first-order valence-corrected chi connectivity index (χ1v) is 23.0. The molecule has 0 heterocycles. The van der Waals surface area contributed by atoms with Gasteiger partial charge in [-0.2, -0.15) is 16.8 Å². The molecule has 0 atom stereocenters. The fourth-order valence-corrected chi connectivity index (χ4v) is 5.18. The standard InChI is InChI=1S/C20H21ClO4.C19H24N4O2.2C2H6O4S/c1-13(2)24-19(23)20(3,4)25-17-11-7-15(8-12-17)18(22)14-5-9-16(21)10-6-14;20-18(21)14-4-8-16(9-5-14)24-12-2-1-3-13-25-17-10-6-15(7-11-17)19(22)23;2*3-1-2-7(4,5)6/h5-13H,1-4H3;4-11H,1-3,12-13H2,(H3,20,21)(H3,22,23);2*3H,1-2H2,(H,4,5,6). The van der Waals surface area contributed by atoms with E-state index in [2.05, 4.69) is 0 Å². The van der Waals surface area contributed by atoms with Gasteiger partial charge in [0, 0.05) is 27.3 Å². The van der Waals surface area contributed by atoms with Crippen LogP contribution in [0.2, 0.25) is 5.02 Å². The van der Waals surface area contributed by atoms with E-state index < -0.39 is 56.5 Å². The zero-order chi connectivity index (χ0) is 48.5. The maximum Gasteiger partial charge on any atom is 0.350 e. The first kappa shape index (κ1) is 56.4. The van der Waals surface area contributed by atoms with Gasteiger partial charge >= 0.3 is 5.97 Å². The summed E-state index contributed by atoms with van der Waals surface area (Å²) in [6, 6.07) is 27.8. The highest BCUT2D eigenvalue weighted by Gasteiger charge is 2.32. The number of benzene rings is 4. The molecule has 0 spiro atoms. The average molecular weight is 954 g/mol. The lowest BCUT2D eigenvalue weighted by Crippen LogP contribution is -2.40. The summed E-state index contributed by atoms with van der Waals surface area (Å²) in [5.74, 6) is 0.465. The normalized spacial score (nSPS) is 11.0. The minimum Gasteiger partial charge on any atom is -0.494 e. The van der Waals surface area contributed by atoms with Crippen molar-refractivity contribution < 1.29 is 64.7 Å². The number of rotatable bonds is 20. The predicted molar refractivity (Wildman–Crippen MR) is 244 cm³/mol. The molecule has 0 aromatic heterocycles. The molecule has 0 aliphatic rings. The second kappa shape index (κ2) is 28.2. The summed E-state index contributed by atoms with van der Waals surface area (Å²) in [5, 5.41) is 31.0. The number of nitrogens with one attached hydrogen (secondary N) is 2. The van der Waals surface area contributed by atoms with Crippen molar-refractivity contribution in [3.8, 4) is 17.2 Å². The van der Waals surface area contributed by atoms with Gasteiger partial charge in [0.05, 0.1) is 44.0 Å². The van der Waals surface area contributed by atoms with Crippen LogP contribution in [0, 0.1) is 10.8 Å². The molecular weight excluding hydrogens is 896 g/mol. The Labute approximate surface area is 379 Å². The quantitative estimate of drug-likeness (QED) is 0.0139. The number of carbonyl (C=O) groups excluding carboxylic acids is 2. The number of ether oxygens (including phenoxy) is 4. The molecule has 4 aromatic rings. The monoisotopic (exact) mass is 952 g/mol. The maximum atomic E-state index is 12.4. The lowest BCUT2D eigenvalue weighted by molar-refractivity contribution is -0.163. The van der Waals surface area contributed by atoms with Crippen molar-refractivity contribution in [2.45, 2.75) is 58.7 Å². The van der Waals surface area contributed by atoms with Gasteiger partial charge in [0.2, 0.25) is 0 Å². The molecule has 0 unspecified atom stereocenters. The molecule has 4 rings (SSSR count). The van der Waals surface area contributed by atoms with Crippen LogP contribution in [0.1, 0.15) is 74.0 Å². The van der Waals surface area contributed by atoms with E-state index in [-0.39, 0.29) is 23.6 Å². The molecule has 0 aliphatic heterocycles. The van der Waals surface area contributed by atoms with E-state index in [0.29, 0.717) is 46.2 Å². The third-order valence-corrected chi connectivity index (χ3v) is 9.43. The average Bonchev–Trinajstić information content (AvgIpc) is 3.20. The van der Waals surface area contributed by atoms with E-state index in [1.54, 1.807) is 100 Å². The van der Waals surface area contributed by atoms with Crippen LogP contribution in [-0.4, -0.2) is 109 Å². The van der Waals surface area contributed by atoms with Gasteiger partial charge in [0.15, 0.2) is 11.4 Å². The summed E-state index contributed by atoms with van der Waals surface area (Å²) < 4.78 is 76.4. The number of amidine groups is 2. The Morgan fingerprint density at radius 1 is 0.625 bits per heavy atom. The number of unbranched alkanes of at least 4 members (excludes halogenated alkanes) is 2. The second-order valence-electron chi connectivity index (χ2n) is 14.1. The molecule has 0 aliphatic carbocycles. The van der Waals surface area contributed by atoms with Crippen LogP contribution in [0.4, 0.5) is 0 Å². The van der Waals surface area contributed by atoms with Crippen molar-refractivity contribution in [1.82, 2.24) is 0 Å². The van der Waals surface area contributed by atoms with Crippen LogP contribution in [0.25, 0.3) is 0 Å². The summed E-state index contributed by atoms with van der Waals surface area (Å²) in [7, 11) is -7.85. The van der Waals surface area contributed by atoms with Crippen LogP contribution in [0.3, 0.4) is 0 Å². The largest absolute Gasteiger partial charge is 0.494 e. The summed E-state index contributed by atoms with van der Waals surface area (Å²) >= 11 is 5.84. The third kappa shape index (κ3) is 24.9. The number of nitrogens with two attached hydrogens (primary N) is 2. The van der Waals surface area contributed by atoms with Gasteiger partial charge in [0.1, 0.15) is 28.9 Å². The molecule has 18 nitrogen and oxygen atoms in total. The van der Waals surface area contributed by atoms with E-state index in [4.69, 9.17) is 72.2 Å². The van der Waals surface area contributed by atoms with Crippen molar-refractivity contribution in [3.63, 3.8) is 0 Å². The highest BCUT2D eigenvalue weighted by Crippen LogP contribution is 2.22. The second-order valence-corrected chi connectivity index (χ2v) is 17.7. The van der Waals surface area contributed by atoms with Gasteiger partial charge < -0.3 is 40.6 Å². The zero-order valence-electron chi connectivity index (χ0n) is 35.9. The van der Waals surface area contributed by atoms with Gasteiger partial charge in [-0.15, -0.1) is 0 Å². The van der Waals surface area contributed by atoms with Crippen molar-refractivity contribution in [2.75, 3.05) is 37.9 Å². The van der Waals surface area contributed by atoms with Gasteiger partial charge in [0.25, 0.3) is 20.2 Å². The topological polar surface area (TPSA) is 320 Å². The summed E-state index contributed by atoms with van der Waals surface area (Å²) in [5.41, 5.74) is 12.2. The molecule has 64 heavy (non-hydrogen) atoms. The fourth-order valence-electron chi connectivity index (χ4n) is 4.59. The van der Waals surface area contributed by atoms with Crippen LogP contribution in [-0.2, 0) is 29.8 Å². The molecule has 21 heteroatoms. The SMILES string of the molecule is CC(C)OC(=O)C(C)(C)Oc1ccc(C(=O)c2ccc(Cl)cc2)cc1.N=C(N)c1ccc(OCCCCCOc2ccc(C(=N)N)cc2)cc1.O=S(=O)(O)CCO.O=S(=O)(O)CCO. The van der Waals surface area contributed by atoms with E-state index in [9.17, 15) is 26.4 Å². The maximum absolute atomic E-state index is 12.4. The minimum absolute atomic E-state index is 0.0579. The van der Waals surface area contributed by atoms with Crippen LogP contribution < -0.4 is 25.7 Å². The molecule has 0 saturated carbocycles. The molecule has 4 aromatic carbocycles. The molecule has 0 saturated heterocycles. The van der Waals surface area contributed by atoms with Crippen molar-refractivity contribution in [3.05, 3.63) is 124 Å². The number of esters is 1. The van der Waals surface area contributed by atoms with Crippen LogP contribution in [0.15, 0.2) is 97.1 Å². The van der Waals surface area contributed by atoms with Crippen LogP contribution in [0.5, 0.6) is 17.2 Å². The van der Waals surface area contributed by atoms with E-state index >= 15 is 0 Å². The molecular formula is C43H57ClN4O14S2. The van der Waals surface area contributed by atoms with E-state index in [0.717, 1.165) is 30.8 Å². The summed E-state index contributed by atoms with van der Waals surface area (Å²) in [6.45, 7) is 7.09. The first-order chi connectivity index (χ1) is 29.9. The molecule has 0 radical (unpaired) electrons. The third-order valence-electron chi connectivity index (χ3n) is 7.79. The Bertz CT molecular complexity index is 2180. The summed E-state index contributed by atoms with van der Waals surface area (Å²) in [6.07, 6.45) is 2.69. The van der Waals surface area contributed by atoms with Crippen molar-refractivity contribution in [1.29, 1.82) is 10.8 Å². The number of aliphatic hydroxyl groups is 2. The zero-order valence-corrected chi connectivity index (χ0v) is 38.3. The first-order valence-electron chi connectivity index (χ1n) is 19.4. The lowest BCUT2D eigenvalue weighted by atomic mass is 10.0. The number of carbonyl (C=O) groups is 2. The minimum atomic E-state index is -3.92. The van der Waals surface area contributed by atoms with Crippen molar-refractivity contribution in [2.24, 2.45) is 11.5 Å². The Kier molecular flexibility index (Phi) is 24.9. The molecule has 0 bridgehead atoms. The molecule has 0 amide bonds. The van der Waals surface area contributed by atoms with E-state index in [1.807, 2.05) is 24.3 Å². The van der Waals surface area contributed by atoms with Crippen molar-refractivity contribution >= 4 is 55.3 Å². The number of nitrogen functional groups attached to an aromatic ring is 2. The highest BCUT2D eigenvalue weighted by molar-refractivity contribution is 7.86. The van der Waals surface area contributed by atoms with Gasteiger partial charge in [-0.3, -0.25) is 24.7 Å². The van der Waals surface area contributed by atoms with Gasteiger partial charge in [-0.1, -0.05) is 11.6 Å². The van der Waals surface area contributed by atoms with Crippen LogP contribution >= 0.6 is 11.6 Å². The van der Waals surface area contributed by atoms with Gasteiger partial charge in [-0.05, 0) is 144 Å². The Hall–Kier alpha value is -5.61. The van der Waals surface area contributed by atoms with E-state index in [1.165, 1.54) is 0 Å². The molecule has 10 N–H and O–H groups in total. The Morgan fingerprint density at radius 2 is 0.969 bits per heavy atom. The number of hydrogen-bond donors (Lipinski definition) is 8. The van der Waals surface area contributed by atoms with Gasteiger partial charge in [-0.25, -0.2) is 4.79 Å². The molecule has 0 fully saturated rings.